The Labute approximate surface area is 99.9 Å². The Morgan fingerprint density at radius 1 is 1.41 bits per heavy atom. The van der Waals surface area contributed by atoms with E-state index in [-0.39, 0.29) is 18.9 Å². The highest BCUT2D eigenvalue weighted by Gasteiger charge is 2.31. The monoisotopic (exact) mass is 232 g/mol. The Morgan fingerprint density at radius 2 is 2.06 bits per heavy atom. The van der Waals surface area contributed by atoms with E-state index in [9.17, 15) is 14.7 Å². The molecule has 17 heavy (non-hydrogen) atoms. The number of amides is 1. The number of carbonyl (C=O) groups excluding carboxylic acids is 2. The van der Waals surface area contributed by atoms with Crippen molar-refractivity contribution in [3.8, 4) is 0 Å². The van der Waals surface area contributed by atoms with Crippen LogP contribution in [0.4, 0.5) is 5.69 Å². The molecule has 0 bridgehead atoms. The number of carboxylic acids is 1. The van der Waals surface area contributed by atoms with Gasteiger partial charge in [-0.2, -0.15) is 0 Å². The number of rotatable bonds is 3. The fraction of sp³-hybridized carbons (Fsp3) is 0.385. The van der Waals surface area contributed by atoms with Gasteiger partial charge in [0, 0.05) is 30.5 Å². The first-order chi connectivity index (χ1) is 8.11. The molecule has 0 unspecified atom stereocenters. The van der Waals surface area contributed by atoms with Crippen LogP contribution in [-0.4, -0.2) is 18.4 Å². The van der Waals surface area contributed by atoms with Gasteiger partial charge in [0.1, 0.15) is 0 Å². The third-order valence-electron chi connectivity index (χ3n) is 3.11. The van der Waals surface area contributed by atoms with Crippen LogP contribution in [0.15, 0.2) is 24.3 Å². The first-order valence-corrected chi connectivity index (χ1v) is 5.72. The van der Waals surface area contributed by atoms with E-state index < -0.39 is 11.9 Å². The van der Waals surface area contributed by atoms with Crippen LogP contribution in [0.5, 0.6) is 0 Å². The molecule has 90 valence electrons. The van der Waals surface area contributed by atoms with Crippen LogP contribution in [0.2, 0.25) is 0 Å². The molecule has 4 nitrogen and oxygen atoms in total. The van der Waals surface area contributed by atoms with E-state index in [1.807, 2.05) is 24.3 Å². The van der Waals surface area contributed by atoms with Crippen molar-refractivity contribution < 1.29 is 14.7 Å². The summed E-state index contributed by atoms with van der Waals surface area (Å²) in [4.78, 5) is 23.9. The van der Waals surface area contributed by atoms with Gasteiger partial charge in [0.2, 0.25) is 5.91 Å². The van der Waals surface area contributed by atoms with Crippen LogP contribution in [0, 0.1) is 5.92 Å². The molecule has 1 aromatic carbocycles. The van der Waals surface area contributed by atoms with Crippen LogP contribution in [0.3, 0.4) is 0 Å². The van der Waals surface area contributed by atoms with Crippen molar-refractivity contribution in [3.63, 3.8) is 0 Å². The highest BCUT2D eigenvalue weighted by molar-refractivity contribution is 5.98. The third kappa shape index (κ3) is 2.30. The van der Waals surface area contributed by atoms with Crippen LogP contribution >= 0.6 is 0 Å². The van der Waals surface area contributed by atoms with Crippen molar-refractivity contribution in [3.05, 3.63) is 29.8 Å². The van der Waals surface area contributed by atoms with Gasteiger partial charge in [-0.25, -0.2) is 0 Å². The summed E-state index contributed by atoms with van der Waals surface area (Å²) in [7, 11) is 0. The lowest BCUT2D eigenvalue weighted by atomic mass is 10.1. The van der Waals surface area contributed by atoms with Crippen LogP contribution < -0.4 is 10.0 Å². The second-order valence-electron chi connectivity index (χ2n) is 4.24. The summed E-state index contributed by atoms with van der Waals surface area (Å²) in [6.45, 7) is 2.27. The molecule has 1 aliphatic rings. The Kier molecular flexibility index (Phi) is 3.13. The molecular weight excluding hydrogens is 218 g/mol. The molecule has 1 heterocycles. The Hall–Kier alpha value is -1.84. The Balaban J connectivity index is 2.17. The molecule has 0 aliphatic carbocycles. The lowest BCUT2D eigenvalue weighted by Gasteiger charge is -2.17. The van der Waals surface area contributed by atoms with E-state index in [1.54, 1.807) is 0 Å². The average molecular weight is 232 g/mol. The van der Waals surface area contributed by atoms with Gasteiger partial charge in [0.05, 0.1) is 0 Å². The zero-order valence-electron chi connectivity index (χ0n) is 9.68. The molecule has 1 amide bonds. The van der Waals surface area contributed by atoms with E-state index >= 15 is 0 Å². The van der Waals surface area contributed by atoms with E-state index in [0.717, 1.165) is 12.1 Å². The number of anilines is 1. The molecule has 0 N–H and O–H groups in total. The molecule has 1 saturated heterocycles. The Morgan fingerprint density at radius 3 is 2.53 bits per heavy atom. The highest BCUT2D eigenvalue weighted by Crippen LogP contribution is 2.25. The second kappa shape index (κ2) is 4.57. The summed E-state index contributed by atoms with van der Waals surface area (Å²) in [5.74, 6) is -1.98. The smallest absolute Gasteiger partial charge is 0.227 e. The summed E-state index contributed by atoms with van der Waals surface area (Å²) in [5.41, 5.74) is 1.95. The van der Waals surface area contributed by atoms with Gasteiger partial charge in [-0.15, -0.1) is 0 Å². The molecule has 0 radical (unpaired) electrons. The Bertz CT molecular complexity index is 438. The topological polar surface area (TPSA) is 60.4 Å². The third-order valence-corrected chi connectivity index (χ3v) is 3.11. The molecule has 0 aromatic heterocycles. The van der Waals surface area contributed by atoms with E-state index in [1.165, 1.54) is 10.5 Å². The number of aliphatic carboxylic acids is 1. The molecule has 2 rings (SSSR count). The summed E-state index contributed by atoms with van der Waals surface area (Å²) in [6, 6.07) is 7.62. The van der Waals surface area contributed by atoms with Crippen molar-refractivity contribution in [2.45, 2.75) is 19.8 Å². The zero-order valence-corrected chi connectivity index (χ0v) is 9.68. The fourth-order valence-electron chi connectivity index (χ4n) is 2.03. The van der Waals surface area contributed by atoms with Crippen molar-refractivity contribution in [1.29, 1.82) is 0 Å². The van der Waals surface area contributed by atoms with Crippen molar-refractivity contribution in [2.75, 3.05) is 11.4 Å². The standard InChI is InChI=1S/C13H15NO3/c1-2-9-3-5-11(6-4-9)14-8-10(13(16)17)7-12(14)15/h3-6,10H,2,7-8H2,1H3,(H,16,17)/p-1/t10-/m1/s1. The lowest BCUT2D eigenvalue weighted by Crippen LogP contribution is -2.33. The highest BCUT2D eigenvalue weighted by atomic mass is 16.4. The summed E-state index contributed by atoms with van der Waals surface area (Å²) in [5, 5.41) is 10.7. The number of benzene rings is 1. The number of carboxylic acid groups (broad SMARTS) is 1. The normalized spacial score (nSPS) is 19.7. The number of hydrogen-bond acceptors (Lipinski definition) is 3. The van der Waals surface area contributed by atoms with Crippen LogP contribution in [0.25, 0.3) is 0 Å². The van der Waals surface area contributed by atoms with Gasteiger partial charge < -0.3 is 14.8 Å². The van der Waals surface area contributed by atoms with Crippen molar-refractivity contribution in [1.82, 2.24) is 0 Å². The van der Waals surface area contributed by atoms with Gasteiger partial charge in [0.25, 0.3) is 0 Å². The van der Waals surface area contributed by atoms with E-state index in [0.29, 0.717) is 0 Å². The van der Waals surface area contributed by atoms with Gasteiger partial charge in [0.15, 0.2) is 0 Å². The summed E-state index contributed by atoms with van der Waals surface area (Å²) < 4.78 is 0. The lowest BCUT2D eigenvalue weighted by molar-refractivity contribution is -0.310. The van der Waals surface area contributed by atoms with Gasteiger partial charge in [-0.3, -0.25) is 4.79 Å². The van der Waals surface area contributed by atoms with Gasteiger partial charge >= 0.3 is 0 Å². The van der Waals surface area contributed by atoms with Crippen molar-refractivity contribution in [2.24, 2.45) is 5.92 Å². The molecule has 0 saturated carbocycles. The van der Waals surface area contributed by atoms with Gasteiger partial charge in [-0.1, -0.05) is 19.1 Å². The minimum atomic E-state index is -1.15. The second-order valence-corrected chi connectivity index (χ2v) is 4.24. The maximum absolute atomic E-state index is 11.7. The zero-order chi connectivity index (χ0) is 12.4. The fourth-order valence-corrected chi connectivity index (χ4v) is 2.03. The van der Waals surface area contributed by atoms with Crippen LogP contribution in [0.1, 0.15) is 18.9 Å². The van der Waals surface area contributed by atoms with E-state index in [4.69, 9.17) is 0 Å². The van der Waals surface area contributed by atoms with E-state index in [2.05, 4.69) is 6.92 Å². The number of aryl methyl sites for hydroxylation is 1. The number of carbonyl (C=O) groups is 2. The quantitative estimate of drug-likeness (QED) is 0.755. The summed E-state index contributed by atoms with van der Waals surface area (Å²) in [6.07, 6.45) is 0.980. The molecule has 1 aromatic rings. The van der Waals surface area contributed by atoms with Crippen LogP contribution in [-0.2, 0) is 16.0 Å². The largest absolute Gasteiger partial charge is 0.550 e. The molecular formula is C13H14NO3-. The first kappa shape index (κ1) is 11.6. The van der Waals surface area contributed by atoms with Crippen molar-refractivity contribution >= 4 is 17.6 Å². The molecule has 1 aliphatic heterocycles. The molecule has 1 fully saturated rings. The maximum Gasteiger partial charge on any atom is 0.227 e. The minimum Gasteiger partial charge on any atom is -0.550 e. The molecule has 0 spiro atoms. The summed E-state index contributed by atoms with van der Waals surface area (Å²) >= 11 is 0. The predicted molar refractivity (Wildman–Crippen MR) is 61.3 cm³/mol. The predicted octanol–water partition coefficient (Wildman–Crippen LogP) is 0.352. The number of hydrogen-bond donors (Lipinski definition) is 0. The maximum atomic E-state index is 11.7. The molecule has 1 atom stereocenters. The number of nitrogens with zero attached hydrogens (tertiary/aromatic N) is 1. The van der Waals surface area contributed by atoms with Gasteiger partial charge in [-0.05, 0) is 24.1 Å². The molecule has 4 heteroatoms. The minimum absolute atomic E-state index is 0.0395. The SMILES string of the molecule is CCc1ccc(N2C[C@H](C(=O)[O-])CC2=O)cc1. The first-order valence-electron chi connectivity index (χ1n) is 5.72. The average Bonchev–Trinajstić information content (AvgIpc) is 2.72.